The number of nitro groups is 1. The summed E-state index contributed by atoms with van der Waals surface area (Å²) in [7, 11) is 0. The lowest BCUT2D eigenvalue weighted by Crippen LogP contribution is -1.92. The molecule has 6 heteroatoms. The molecule has 3 aromatic rings. The summed E-state index contributed by atoms with van der Waals surface area (Å²) in [6.45, 7) is 4.28. The first kappa shape index (κ1) is 16.1. The molecule has 0 N–H and O–H groups in total. The van der Waals surface area contributed by atoms with Gasteiger partial charge >= 0.3 is 0 Å². The fraction of sp³-hybridized carbons (Fsp3) is 0.167. The Hall–Kier alpha value is -2.73. The quantitative estimate of drug-likeness (QED) is 0.479. The Morgan fingerprint density at radius 2 is 2.04 bits per heavy atom. The fourth-order valence-corrected chi connectivity index (χ4v) is 3.22. The lowest BCUT2D eigenvalue weighted by Gasteiger charge is -2.04. The number of aromatic nitrogens is 1. The van der Waals surface area contributed by atoms with E-state index in [9.17, 15) is 10.1 Å². The van der Waals surface area contributed by atoms with E-state index in [1.165, 1.54) is 11.3 Å². The van der Waals surface area contributed by atoms with Crippen molar-refractivity contribution >= 4 is 17.0 Å². The third kappa shape index (κ3) is 3.28. The molecule has 1 aromatic heterocycles. The first-order chi connectivity index (χ1) is 11.6. The molecule has 0 bridgehead atoms. The predicted octanol–water partition coefficient (Wildman–Crippen LogP) is 5.09. The third-order valence-electron chi connectivity index (χ3n) is 3.60. The van der Waals surface area contributed by atoms with E-state index < -0.39 is 0 Å². The third-order valence-corrected chi connectivity index (χ3v) is 4.49. The van der Waals surface area contributed by atoms with Gasteiger partial charge in [0.25, 0.3) is 5.69 Å². The minimum absolute atomic E-state index is 0.111. The molecule has 0 saturated heterocycles. The van der Waals surface area contributed by atoms with Crippen LogP contribution in [0.25, 0.3) is 21.8 Å². The number of nitrogens with zero attached hydrogens (tertiary/aromatic N) is 2. The van der Waals surface area contributed by atoms with E-state index in [2.05, 4.69) is 4.98 Å². The van der Waals surface area contributed by atoms with Crippen molar-refractivity contribution in [2.75, 3.05) is 6.61 Å². The highest BCUT2D eigenvalue weighted by molar-refractivity contribution is 7.13. The van der Waals surface area contributed by atoms with Gasteiger partial charge in [-0.2, -0.15) is 0 Å². The van der Waals surface area contributed by atoms with Crippen molar-refractivity contribution in [3.63, 3.8) is 0 Å². The maximum atomic E-state index is 11.1. The molecule has 0 saturated carbocycles. The van der Waals surface area contributed by atoms with Gasteiger partial charge in [-0.25, -0.2) is 4.98 Å². The van der Waals surface area contributed by atoms with Crippen molar-refractivity contribution in [1.82, 2.24) is 4.98 Å². The summed E-state index contributed by atoms with van der Waals surface area (Å²) in [6.07, 6.45) is 0. The van der Waals surface area contributed by atoms with Crippen molar-refractivity contribution in [2.24, 2.45) is 0 Å². The molecule has 2 aromatic carbocycles. The molecular formula is C18H16N2O3S. The van der Waals surface area contributed by atoms with Crippen molar-refractivity contribution in [2.45, 2.75) is 13.8 Å². The van der Waals surface area contributed by atoms with E-state index in [0.29, 0.717) is 12.2 Å². The molecule has 0 radical (unpaired) electrons. The second-order valence-corrected chi connectivity index (χ2v) is 6.12. The van der Waals surface area contributed by atoms with Crippen LogP contribution in [0.5, 0.6) is 5.75 Å². The summed E-state index contributed by atoms with van der Waals surface area (Å²) < 4.78 is 5.52. The fourth-order valence-electron chi connectivity index (χ4n) is 2.39. The molecule has 3 rings (SSSR count). The van der Waals surface area contributed by atoms with Crippen LogP contribution in [-0.2, 0) is 0 Å². The number of thiazole rings is 1. The van der Waals surface area contributed by atoms with Crippen molar-refractivity contribution < 1.29 is 9.66 Å². The maximum Gasteiger partial charge on any atom is 0.272 e. The van der Waals surface area contributed by atoms with Gasteiger partial charge in [-0.15, -0.1) is 11.3 Å². The zero-order chi connectivity index (χ0) is 17.1. The zero-order valence-corrected chi connectivity index (χ0v) is 14.2. The molecule has 0 spiro atoms. The second-order valence-electron chi connectivity index (χ2n) is 5.26. The van der Waals surface area contributed by atoms with Crippen LogP contribution in [0.1, 0.15) is 12.5 Å². The average molecular weight is 340 g/mol. The van der Waals surface area contributed by atoms with E-state index in [0.717, 1.165) is 27.6 Å². The van der Waals surface area contributed by atoms with Gasteiger partial charge in [-0.1, -0.05) is 24.3 Å². The normalized spacial score (nSPS) is 10.6. The standard InChI is InChI=1S/C18H16N2O3S/c1-3-23-15-6-4-5-14(9-15)18-19-16(11-24-18)13-8-7-12(2)17(10-13)20(21)22/h4-11H,3H2,1-2H3. The molecule has 5 nitrogen and oxygen atoms in total. The minimum atomic E-state index is -0.363. The molecule has 122 valence electrons. The van der Waals surface area contributed by atoms with Gasteiger partial charge in [0.1, 0.15) is 10.8 Å². The van der Waals surface area contributed by atoms with Crippen LogP contribution >= 0.6 is 11.3 Å². The average Bonchev–Trinajstić information content (AvgIpc) is 3.06. The van der Waals surface area contributed by atoms with Crippen LogP contribution < -0.4 is 4.74 Å². The lowest BCUT2D eigenvalue weighted by molar-refractivity contribution is -0.385. The first-order valence-corrected chi connectivity index (χ1v) is 8.40. The molecule has 0 aliphatic rings. The SMILES string of the molecule is CCOc1cccc(-c2nc(-c3ccc(C)c([N+](=O)[O-])c3)cs2)c1. The summed E-state index contributed by atoms with van der Waals surface area (Å²) in [5.74, 6) is 0.803. The zero-order valence-electron chi connectivity index (χ0n) is 13.4. The van der Waals surface area contributed by atoms with E-state index in [4.69, 9.17) is 4.74 Å². The number of ether oxygens (including phenoxy) is 1. The Kier molecular flexibility index (Phi) is 4.57. The number of aryl methyl sites for hydroxylation is 1. The molecule has 1 heterocycles. The number of hydrogen-bond acceptors (Lipinski definition) is 5. The summed E-state index contributed by atoms with van der Waals surface area (Å²) in [4.78, 5) is 15.4. The molecule has 24 heavy (non-hydrogen) atoms. The van der Waals surface area contributed by atoms with E-state index in [1.54, 1.807) is 19.1 Å². The van der Waals surface area contributed by atoms with Crippen LogP contribution in [0.3, 0.4) is 0 Å². The van der Waals surface area contributed by atoms with Crippen molar-refractivity contribution in [3.8, 4) is 27.6 Å². The summed E-state index contributed by atoms with van der Waals surface area (Å²) in [5, 5.41) is 13.9. The van der Waals surface area contributed by atoms with Crippen LogP contribution in [-0.4, -0.2) is 16.5 Å². The Morgan fingerprint density at radius 1 is 1.21 bits per heavy atom. The van der Waals surface area contributed by atoms with Gasteiger partial charge in [-0.3, -0.25) is 10.1 Å². The van der Waals surface area contributed by atoms with Crippen LogP contribution in [0, 0.1) is 17.0 Å². The van der Waals surface area contributed by atoms with Gasteiger partial charge in [0.2, 0.25) is 0 Å². The summed E-state index contributed by atoms with van der Waals surface area (Å²) in [6, 6.07) is 12.9. The lowest BCUT2D eigenvalue weighted by atomic mass is 10.1. The molecule has 0 atom stereocenters. The highest BCUT2D eigenvalue weighted by Gasteiger charge is 2.14. The minimum Gasteiger partial charge on any atom is -0.494 e. The molecule has 0 unspecified atom stereocenters. The van der Waals surface area contributed by atoms with E-state index >= 15 is 0 Å². The van der Waals surface area contributed by atoms with Gasteiger partial charge in [0.05, 0.1) is 17.2 Å². The highest BCUT2D eigenvalue weighted by atomic mass is 32.1. The van der Waals surface area contributed by atoms with Gasteiger partial charge in [-0.05, 0) is 26.0 Å². The van der Waals surface area contributed by atoms with Crippen molar-refractivity contribution in [3.05, 3.63) is 63.5 Å². The number of rotatable bonds is 5. The smallest absolute Gasteiger partial charge is 0.272 e. The van der Waals surface area contributed by atoms with Gasteiger partial charge < -0.3 is 4.74 Å². The largest absolute Gasteiger partial charge is 0.494 e. The van der Waals surface area contributed by atoms with E-state index in [-0.39, 0.29) is 10.6 Å². The van der Waals surface area contributed by atoms with Crippen LogP contribution in [0.4, 0.5) is 5.69 Å². The van der Waals surface area contributed by atoms with Gasteiger partial charge in [0.15, 0.2) is 0 Å². The summed E-state index contributed by atoms with van der Waals surface area (Å²) in [5.41, 5.74) is 3.21. The second kappa shape index (κ2) is 6.80. The molecule has 0 amide bonds. The number of nitro benzene ring substituents is 1. The highest BCUT2D eigenvalue weighted by Crippen LogP contribution is 2.32. The molecule has 0 fully saturated rings. The van der Waals surface area contributed by atoms with Crippen LogP contribution in [0.15, 0.2) is 47.8 Å². The topological polar surface area (TPSA) is 65.3 Å². The first-order valence-electron chi connectivity index (χ1n) is 7.52. The molecule has 0 aliphatic heterocycles. The van der Waals surface area contributed by atoms with Crippen LogP contribution in [0.2, 0.25) is 0 Å². The Labute approximate surface area is 143 Å². The predicted molar refractivity (Wildman–Crippen MR) is 95.5 cm³/mol. The number of benzene rings is 2. The maximum absolute atomic E-state index is 11.1. The number of hydrogen-bond donors (Lipinski definition) is 0. The Bertz CT molecular complexity index is 889. The monoisotopic (exact) mass is 340 g/mol. The Morgan fingerprint density at radius 3 is 2.79 bits per heavy atom. The van der Waals surface area contributed by atoms with Crippen molar-refractivity contribution in [1.29, 1.82) is 0 Å². The Balaban J connectivity index is 1.95. The summed E-state index contributed by atoms with van der Waals surface area (Å²) >= 11 is 1.51. The van der Waals surface area contributed by atoms with E-state index in [1.807, 2.05) is 42.6 Å². The molecular weight excluding hydrogens is 324 g/mol. The molecule has 0 aliphatic carbocycles. The van der Waals surface area contributed by atoms with Gasteiger partial charge in [0, 0.05) is 28.1 Å².